The Morgan fingerprint density at radius 1 is 1.24 bits per heavy atom. The molecule has 0 spiro atoms. The second kappa shape index (κ2) is 9.84. The van der Waals surface area contributed by atoms with Gasteiger partial charge in [0.05, 0.1) is 18.6 Å². The fraction of sp³-hybridized carbons (Fsp3) is 0.364. The molecule has 1 aliphatic rings. The maximum Gasteiger partial charge on any atom is 0.256 e. The van der Waals surface area contributed by atoms with Gasteiger partial charge in [0.2, 0.25) is 11.4 Å². The van der Waals surface area contributed by atoms with Gasteiger partial charge < -0.3 is 30.8 Å². The third-order valence-electron chi connectivity index (χ3n) is 5.50. The van der Waals surface area contributed by atoms with Gasteiger partial charge in [-0.2, -0.15) is 4.98 Å². The second-order valence-corrected chi connectivity index (χ2v) is 7.58. The first-order valence-electron chi connectivity index (χ1n) is 10.8. The molecule has 1 saturated heterocycles. The number of nitrogens with one attached hydrogen (secondary N) is 1. The number of carbonyl (C=O) groups excluding carboxylic acids is 1. The summed E-state index contributed by atoms with van der Waals surface area (Å²) < 4.78 is 12.7. The smallest absolute Gasteiger partial charge is 0.256 e. The van der Waals surface area contributed by atoms with Gasteiger partial charge in [0, 0.05) is 38.1 Å². The first-order chi connectivity index (χ1) is 16.0. The Morgan fingerprint density at radius 2 is 1.97 bits per heavy atom. The number of carbonyl (C=O) groups is 1. The van der Waals surface area contributed by atoms with E-state index in [1.807, 2.05) is 31.2 Å². The van der Waals surface area contributed by atoms with Crippen LogP contribution in [0.5, 0.6) is 5.75 Å². The molecule has 1 aliphatic heterocycles. The summed E-state index contributed by atoms with van der Waals surface area (Å²) in [7, 11) is 0. The third-order valence-corrected chi connectivity index (χ3v) is 5.50. The lowest BCUT2D eigenvalue weighted by molar-refractivity contribution is 0.0322. The number of amides is 1. The number of hydrogen-bond acceptors (Lipinski definition) is 9. The van der Waals surface area contributed by atoms with Gasteiger partial charge >= 0.3 is 0 Å². The predicted molar refractivity (Wildman–Crippen MR) is 125 cm³/mol. The van der Waals surface area contributed by atoms with Crippen LogP contribution in [0.3, 0.4) is 0 Å². The second-order valence-electron chi connectivity index (χ2n) is 7.58. The highest BCUT2D eigenvalue weighted by molar-refractivity contribution is 6.00. The Kier molecular flexibility index (Phi) is 6.71. The molecule has 4 rings (SSSR count). The van der Waals surface area contributed by atoms with Gasteiger partial charge in [-0.05, 0) is 31.2 Å². The average molecular weight is 454 g/mol. The lowest BCUT2D eigenvalue weighted by Crippen LogP contribution is -2.38. The van der Waals surface area contributed by atoms with Crippen LogP contribution in [0.1, 0.15) is 17.3 Å². The van der Waals surface area contributed by atoms with Gasteiger partial charge in [0.1, 0.15) is 23.7 Å². The van der Waals surface area contributed by atoms with Crippen LogP contribution < -0.4 is 26.9 Å². The molecule has 3 aromatic rings. The number of rotatable bonds is 8. The molecular formula is C22H27N7O4. The summed E-state index contributed by atoms with van der Waals surface area (Å²) in [5, 5.41) is 3.29. The molecule has 1 aromatic carbocycles. The molecule has 0 unspecified atom stereocenters. The standard InChI is InChI=1S/C22H27N7O4/c1-2-29-19(23)17(20(24)31)18(30)16-13-25-22(27-21(16)29)26-14-3-5-15(6-4-14)33-12-9-28-7-10-32-11-8-28/h3-6,13H,2,7-12,23H2,1H3,(H2,24,31)(H,25,26,27). The van der Waals surface area contributed by atoms with Gasteiger partial charge in [-0.15, -0.1) is 0 Å². The quantitative estimate of drug-likeness (QED) is 0.453. The van der Waals surface area contributed by atoms with Gasteiger partial charge in [0.15, 0.2) is 5.65 Å². The van der Waals surface area contributed by atoms with Crippen LogP contribution in [0.15, 0.2) is 35.3 Å². The number of aromatic nitrogens is 3. The molecule has 0 radical (unpaired) electrons. The van der Waals surface area contributed by atoms with Gasteiger partial charge in [-0.1, -0.05) is 0 Å². The third kappa shape index (κ3) is 4.89. The molecule has 11 heteroatoms. The molecule has 174 valence electrons. The summed E-state index contributed by atoms with van der Waals surface area (Å²) in [6, 6.07) is 7.44. The summed E-state index contributed by atoms with van der Waals surface area (Å²) in [4.78, 5) is 35.3. The lowest BCUT2D eigenvalue weighted by Gasteiger charge is -2.26. The van der Waals surface area contributed by atoms with E-state index in [2.05, 4.69) is 20.2 Å². The van der Waals surface area contributed by atoms with Crippen molar-refractivity contribution in [3.05, 3.63) is 46.2 Å². The zero-order valence-electron chi connectivity index (χ0n) is 18.4. The van der Waals surface area contributed by atoms with E-state index in [1.165, 1.54) is 6.20 Å². The van der Waals surface area contributed by atoms with Crippen molar-refractivity contribution in [2.45, 2.75) is 13.5 Å². The number of pyridine rings is 1. The van der Waals surface area contributed by atoms with Crippen LogP contribution >= 0.6 is 0 Å². The summed E-state index contributed by atoms with van der Waals surface area (Å²) in [6.45, 7) is 7.08. The number of nitrogens with zero attached hydrogens (tertiary/aromatic N) is 4. The van der Waals surface area contributed by atoms with E-state index in [4.69, 9.17) is 20.9 Å². The zero-order chi connectivity index (χ0) is 23.4. The van der Waals surface area contributed by atoms with E-state index < -0.39 is 11.3 Å². The Morgan fingerprint density at radius 3 is 2.64 bits per heavy atom. The van der Waals surface area contributed by atoms with Gasteiger partial charge in [-0.3, -0.25) is 14.5 Å². The normalized spacial score (nSPS) is 14.3. The Hall–Kier alpha value is -3.70. The number of aryl methyl sites for hydroxylation is 1. The van der Waals surface area contributed by atoms with Crippen molar-refractivity contribution in [1.29, 1.82) is 0 Å². The van der Waals surface area contributed by atoms with Crippen LogP contribution in [0.4, 0.5) is 17.5 Å². The summed E-state index contributed by atoms with van der Waals surface area (Å²) >= 11 is 0. The van der Waals surface area contributed by atoms with Crippen molar-refractivity contribution in [2.24, 2.45) is 5.73 Å². The summed E-state index contributed by atoms with van der Waals surface area (Å²) in [5.74, 6) is 0.165. The number of fused-ring (bicyclic) bond motifs is 1. The van der Waals surface area contributed by atoms with E-state index in [-0.39, 0.29) is 22.7 Å². The fourth-order valence-electron chi connectivity index (χ4n) is 3.74. The number of nitrogen functional groups attached to an aromatic ring is 1. The number of benzene rings is 1. The van der Waals surface area contributed by atoms with E-state index >= 15 is 0 Å². The van der Waals surface area contributed by atoms with Crippen molar-refractivity contribution in [3.8, 4) is 5.75 Å². The summed E-state index contributed by atoms with van der Waals surface area (Å²) in [6.07, 6.45) is 1.37. The molecule has 3 heterocycles. The minimum Gasteiger partial charge on any atom is -0.492 e. The predicted octanol–water partition coefficient (Wildman–Crippen LogP) is 0.947. The number of primary amides is 1. The van der Waals surface area contributed by atoms with Gasteiger partial charge in [-0.25, -0.2) is 4.98 Å². The van der Waals surface area contributed by atoms with Crippen LogP contribution in [-0.2, 0) is 11.3 Å². The topological polar surface area (TPSA) is 151 Å². The summed E-state index contributed by atoms with van der Waals surface area (Å²) in [5.41, 5.74) is 11.6. The van der Waals surface area contributed by atoms with Crippen LogP contribution in [0, 0.1) is 0 Å². The molecular weight excluding hydrogens is 426 g/mol. The lowest BCUT2D eigenvalue weighted by atomic mass is 10.2. The maximum absolute atomic E-state index is 12.6. The fourth-order valence-corrected chi connectivity index (χ4v) is 3.74. The maximum atomic E-state index is 12.6. The minimum atomic E-state index is -0.879. The number of nitrogens with two attached hydrogens (primary N) is 2. The molecule has 5 N–H and O–H groups in total. The van der Waals surface area contributed by atoms with E-state index in [0.29, 0.717) is 18.8 Å². The SMILES string of the molecule is CCn1c(N)c(C(N)=O)c(=O)c2cnc(Nc3ccc(OCCN4CCOCC4)cc3)nc21. The molecule has 0 saturated carbocycles. The average Bonchev–Trinajstić information content (AvgIpc) is 2.81. The zero-order valence-corrected chi connectivity index (χ0v) is 18.4. The van der Waals surface area contributed by atoms with E-state index in [1.54, 1.807) is 4.57 Å². The Labute approximate surface area is 190 Å². The molecule has 0 atom stereocenters. The number of anilines is 3. The highest BCUT2D eigenvalue weighted by atomic mass is 16.5. The Balaban J connectivity index is 1.47. The van der Waals surface area contributed by atoms with Crippen molar-refractivity contribution < 1.29 is 14.3 Å². The van der Waals surface area contributed by atoms with Crippen molar-refractivity contribution in [1.82, 2.24) is 19.4 Å². The van der Waals surface area contributed by atoms with Crippen LogP contribution in [-0.4, -0.2) is 64.8 Å². The first-order valence-corrected chi connectivity index (χ1v) is 10.8. The highest BCUT2D eigenvalue weighted by Gasteiger charge is 2.20. The monoisotopic (exact) mass is 453 g/mol. The van der Waals surface area contributed by atoms with Crippen molar-refractivity contribution in [2.75, 3.05) is 50.5 Å². The Bertz CT molecular complexity index is 1200. The number of hydrogen-bond donors (Lipinski definition) is 3. The van der Waals surface area contributed by atoms with E-state index in [9.17, 15) is 9.59 Å². The van der Waals surface area contributed by atoms with Crippen molar-refractivity contribution >= 4 is 34.4 Å². The molecule has 1 amide bonds. The molecule has 1 fully saturated rings. The molecule has 2 aromatic heterocycles. The van der Waals surface area contributed by atoms with Crippen LogP contribution in [0.25, 0.3) is 11.0 Å². The highest BCUT2D eigenvalue weighted by Crippen LogP contribution is 2.21. The molecule has 0 bridgehead atoms. The molecule has 11 nitrogen and oxygen atoms in total. The van der Waals surface area contributed by atoms with Gasteiger partial charge in [0.25, 0.3) is 5.91 Å². The van der Waals surface area contributed by atoms with Crippen molar-refractivity contribution in [3.63, 3.8) is 0 Å². The van der Waals surface area contributed by atoms with E-state index in [0.717, 1.165) is 44.3 Å². The minimum absolute atomic E-state index is 0.00858. The molecule has 0 aliphatic carbocycles. The first kappa shape index (κ1) is 22.5. The molecule has 33 heavy (non-hydrogen) atoms. The number of ether oxygens (including phenoxy) is 2. The largest absolute Gasteiger partial charge is 0.492 e. The van der Waals surface area contributed by atoms with Crippen LogP contribution in [0.2, 0.25) is 0 Å². The number of morpholine rings is 1.